The van der Waals surface area contributed by atoms with Gasteiger partial charge in [-0.05, 0) is 25.1 Å². The third kappa shape index (κ3) is 6.03. The van der Waals surface area contributed by atoms with Crippen molar-refractivity contribution in [3.63, 3.8) is 0 Å². The molecule has 0 bridgehead atoms. The van der Waals surface area contributed by atoms with Crippen LogP contribution in [0.5, 0.6) is 0 Å². The van der Waals surface area contributed by atoms with Crippen LogP contribution in [-0.2, 0) is 30.6 Å². The average molecular weight is 347 g/mol. The molecule has 0 fully saturated rings. The summed E-state index contributed by atoms with van der Waals surface area (Å²) in [5.74, 6) is -1.27. The Bertz CT molecular complexity index is 702. The number of nitrogens with one attached hydrogen (secondary N) is 2. The molecule has 10 nitrogen and oxygen atoms in total. The Morgan fingerprint density at radius 1 is 1.28 bits per heavy atom. The Balaban J connectivity index is 1.93. The first-order valence-electron chi connectivity index (χ1n) is 7.38. The fourth-order valence-corrected chi connectivity index (χ4v) is 1.66. The van der Waals surface area contributed by atoms with Gasteiger partial charge >= 0.3 is 5.97 Å². The van der Waals surface area contributed by atoms with Gasteiger partial charge < -0.3 is 9.57 Å². The molecule has 132 valence electrons. The molecule has 2 rings (SSSR count). The maximum atomic E-state index is 12.2. The lowest BCUT2D eigenvalue weighted by atomic mass is 10.2. The van der Waals surface area contributed by atoms with Crippen LogP contribution in [0.1, 0.15) is 18.3 Å². The molecule has 10 heteroatoms. The topological polar surface area (TPSA) is 128 Å². The number of pyridine rings is 1. The number of hydrogen-bond donors (Lipinski definition) is 2. The highest BCUT2D eigenvalue weighted by Gasteiger charge is 2.17. The van der Waals surface area contributed by atoms with E-state index >= 15 is 0 Å². The van der Waals surface area contributed by atoms with Crippen LogP contribution in [0.15, 0.2) is 41.8 Å². The summed E-state index contributed by atoms with van der Waals surface area (Å²) in [6.45, 7) is 1.55. The molecule has 0 aliphatic carbocycles. The first kappa shape index (κ1) is 18.1. The van der Waals surface area contributed by atoms with Gasteiger partial charge in [0.05, 0.1) is 18.0 Å². The van der Waals surface area contributed by atoms with Crippen LogP contribution in [0.3, 0.4) is 0 Å². The highest BCUT2D eigenvalue weighted by molar-refractivity contribution is 6.44. The minimum Gasteiger partial charge on any atom is -0.463 e. The van der Waals surface area contributed by atoms with Gasteiger partial charge in [0.15, 0.2) is 5.71 Å². The molecule has 0 atom stereocenters. The maximum absolute atomic E-state index is 12.2. The van der Waals surface area contributed by atoms with Crippen molar-refractivity contribution in [3.8, 4) is 0 Å². The van der Waals surface area contributed by atoms with Gasteiger partial charge in [0.1, 0.15) is 6.61 Å². The predicted octanol–water partition coefficient (Wildman–Crippen LogP) is 0.336. The van der Waals surface area contributed by atoms with Crippen molar-refractivity contribution in [1.29, 1.82) is 0 Å². The van der Waals surface area contributed by atoms with E-state index in [0.717, 1.165) is 0 Å². The molecule has 0 spiro atoms. The number of ether oxygens (including phenoxy) is 1. The summed E-state index contributed by atoms with van der Waals surface area (Å²) in [5, 5.41) is 9.98. The van der Waals surface area contributed by atoms with E-state index in [-0.39, 0.29) is 18.9 Å². The molecule has 0 aromatic carbocycles. The summed E-state index contributed by atoms with van der Waals surface area (Å²) in [6.07, 6.45) is 3.06. The summed E-state index contributed by atoms with van der Waals surface area (Å²) in [5.41, 5.74) is 3.03. The van der Waals surface area contributed by atoms with Gasteiger partial charge in [-0.15, -0.1) is 0 Å². The Hall–Kier alpha value is -3.27. The summed E-state index contributed by atoms with van der Waals surface area (Å²) in [7, 11) is 0. The fraction of sp³-hybridized carbons (Fsp3) is 0.267. The van der Waals surface area contributed by atoms with Crippen molar-refractivity contribution in [2.75, 3.05) is 13.2 Å². The van der Waals surface area contributed by atoms with E-state index in [0.29, 0.717) is 11.4 Å². The molecular weight excluding hydrogens is 330 g/mol. The van der Waals surface area contributed by atoms with E-state index < -0.39 is 18.5 Å². The molecule has 0 radical (unpaired) electrons. The molecule has 1 amide bonds. The third-order valence-corrected chi connectivity index (χ3v) is 2.73. The number of H-pyrrole nitrogens is 1. The number of oxime groups is 1. The molecule has 2 aromatic rings. The second-order valence-corrected chi connectivity index (χ2v) is 4.53. The summed E-state index contributed by atoms with van der Waals surface area (Å²) in [6, 6.07) is 6.84. The van der Waals surface area contributed by atoms with Gasteiger partial charge in [-0.25, -0.2) is 10.3 Å². The van der Waals surface area contributed by atoms with Crippen molar-refractivity contribution in [2.45, 2.75) is 13.5 Å². The normalized spacial score (nSPS) is 11.0. The summed E-state index contributed by atoms with van der Waals surface area (Å²) >= 11 is 0. The van der Waals surface area contributed by atoms with Crippen LogP contribution < -0.4 is 5.48 Å². The number of rotatable bonds is 9. The monoisotopic (exact) mass is 347 g/mol. The van der Waals surface area contributed by atoms with E-state index in [1.54, 1.807) is 31.3 Å². The zero-order chi connectivity index (χ0) is 17.9. The van der Waals surface area contributed by atoms with Crippen molar-refractivity contribution in [1.82, 2.24) is 20.7 Å². The zero-order valence-corrected chi connectivity index (χ0v) is 13.5. The Morgan fingerprint density at radius 2 is 2.16 bits per heavy atom. The standard InChI is InChI=1S/C15H17N5O5/c1-2-23-13(21)10-25-19-14(12-6-8-17-18-12)15(22)20-24-9-11-5-3-4-7-16-11/h3-8H,2,9-10H2,1H3,(H,17,18)(H,20,22). The number of hydroxylamine groups is 1. The number of amides is 1. The number of hydrogen-bond acceptors (Lipinski definition) is 8. The minimum atomic E-state index is -0.677. The number of aromatic nitrogens is 3. The lowest BCUT2D eigenvalue weighted by Gasteiger charge is -2.07. The Kier molecular flexibility index (Phi) is 7.07. The quantitative estimate of drug-likeness (QED) is 0.380. The summed E-state index contributed by atoms with van der Waals surface area (Å²) in [4.78, 5) is 37.5. The minimum absolute atomic E-state index is 0.0759. The molecule has 2 heterocycles. The Morgan fingerprint density at radius 3 is 2.84 bits per heavy atom. The van der Waals surface area contributed by atoms with E-state index in [4.69, 9.17) is 14.4 Å². The molecule has 0 saturated carbocycles. The first-order valence-corrected chi connectivity index (χ1v) is 7.38. The molecular formula is C15H17N5O5. The van der Waals surface area contributed by atoms with Gasteiger partial charge in [0, 0.05) is 12.4 Å². The van der Waals surface area contributed by atoms with Gasteiger partial charge in [-0.3, -0.25) is 19.7 Å². The second-order valence-electron chi connectivity index (χ2n) is 4.53. The number of aromatic amines is 1. The third-order valence-electron chi connectivity index (χ3n) is 2.73. The van der Waals surface area contributed by atoms with Crippen LogP contribution in [0.2, 0.25) is 0 Å². The summed E-state index contributed by atoms with van der Waals surface area (Å²) < 4.78 is 4.70. The predicted molar refractivity (Wildman–Crippen MR) is 84.9 cm³/mol. The smallest absolute Gasteiger partial charge is 0.347 e. The average Bonchev–Trinajstić information content (AvgIpc) is 3.14. The zero-order valence-electron chi connectivity index (χ0n) is 13.5. The molecule has 0 aliphatic rings. The number of esters is 1. The van der Waals surface area contributed by atoms with E-state index in [9.17, 15) is 9.59 Å². The largest absolute Gasteiger partial charge is 0.463 e. The van der Waals surface area contributed by atoms with Gasteiger partial charge in [0.2, 0.25) is 6.61 Å². The molecule has 25 heavy (non-hydrogen) atoms. The van der Waals surface area contributed by atoms with E-state index in [1.807, 2.05) is 0 Å². The molecule has 0 saturated heterocycles. The lowest BCUT2D eigenvalue weighted by Crippen LogP contribution is -2.32. The van der Waals surface area contributed by atoms with Crippen molar-refractivity contribution in [2.24, 2.45) is 5.16 Å². The van der Waals surface area contributed by atoms with Crippen LogP contribution in [0.25, 0.3) is 0 Å². The van der Waals surface area contributed by atoms with Gasteiger partial charge in [0.25, 0.3) is 5.91 Å². The maximum Gasteiger partial charge on any atom is 0.347 e. The van der Waals surface area contributed by atoms with E-state index in [2.05, 4.69) is 25.8 Å². The first-order chi connectivity index (χ1) is 12.2. The van der Waals surface area contributed by atoms with Gasteiger partial charge in [-0.1, -0.05) is 11.2 Å². The highest BCUT2D eigenvalue weighted by Crippen LogP contribution is 1.99. The lowest BCUT2D eigenvalue weighted by molar-refractivity contribution is -0.148. The van der Waals surface area contributed by atoms with Crippen LogP contribution in [-0.4, -0.2) is 46.0 Å². The number of nitrogens with zero attached hydrogens (tertiary/aromatic N) is 3. The molecule has 0 aliphatic heterocycles. The van der Waals surface area contributed by atoms with E-state index in [1.165, 1.54) is 12.3 Å². The Labute approximate surface area is 143 Å². The van der Waals surface area contributed by atoms with Crippen molar-refractivity contribution in [3.05, 3.63) is 48.0 Å². The molecule has 2 aromatic heterocycles. The van der Waals surface area contributed by atoms with Crippen molar-refractivity contribution < 1.29 is 24.0 Å². The molecule has 0 unspecified atom stereocenters. The van der Waals surface area contributed by atoms with Gasteiger partial charge in [-0.2, -0.15) is 5.10 Å². The highest BCUT2D eigenvalue weighted by atomic mass is 16.7. The molecule has 2 N–H and O–H groups in total. The van der Waals surface area contributed by atoms with Crippen LogP contribution in [0, 0.1) is 0 Å². The second kappa shape index (κ2) is 9.78. The number of carbonyl (C=O) groups excluding carboxylic acids is 2. The van der Waals surface area contributed by atoms with Crippen LogP contribution in [0.4, 0.5) is 0 Å². The fourth-order valence-electron chi connectivity index (χ4n) is 1.66. The SMILES string of the molecule is CCOC(=O)CON=C(C(=O)NOCc1ccccn1)c1ccn[nH]1. The van der Waals surface area contributed by atoms with Crippen molar-refractivity contribution >= 4 is 17.6 Å². The number of carbonyl (C=O) groups is 2. The van der Waals surface area contributed by atoms with Crippen LogP contribution >= 0.6 is 0 Å².